The van der Waals surface area contributed by atoms with Crippen molar-refractivity contribution in [1.82, 2.24) is 14.9 Å². The Hall–Kier alpha value is -3.12. The van der Waals surface area contributed by atoms with Crippen molar-refractivity contribution in [3.8, 4) is 0 Å². The van der Waals surface area contributed by atoms with Gasteiger partial charge in [-0.25, -0.2) is 4.98 Å². The largest absolute Gasteiger partial charge is 0.388 e. The summed E-state index contributed by atoms with van der Waals surface area (Å²) in [6.45, 7) is 0.170. The molecule has 0 radical (unpaired) electrons. The van der Waals surface area contributed by atoms with Gasteiger partial charge in [-0.1, -0.05) is 24.3 Å². The number of hydrogen-bond acceptors (Lipinski definition) is 4. The Bertz CT molecular complexity index is 1040. The van der Waals surface area contributed by atoms with Crippen molar-refractivity contribution >= 4 is 5.91 Å². The molecule has 3 atom stereocenters. The van der Waals surface area contributed by atoms with Crippen LogP contribution in [0, 0.1) is 17.8 Å². The van der Waals surface area contributed by atoms with Crippen molar-refractivity contribution in [3.63, 3.8) is 0 Å². The van der Waals surface area contributed by atoms with Crippen LogP contribution in [-0.2, 0) is 13.0 Å². The van der Waals surface area contributed by atoms with Crippen molar-refractivity contribution in [1.29, 1.82) is 0 Å². The molecule has 32 heavy (non-hydrogen) atoms. The molecule has 0 spiro atoms. The van der Waals surface area contributed by atoms with Crippen LogP contribution in [0.1, 0.15) is 52.4 Å². The lowest BCUT2D eigenvalue weighted by molar-refractivity contribution is 0.0783. The fourth-order valence-corrected chi connectivity index (χ4v) is 4.61. The molecule has 1 aromatic carbocycles. The van der Waals surface area contributed by atoms with E-state index in [0.29, 0.717) is 17.0 Å². The number of aromatic nitrogens is 2. The summed E-state index contributed by atoms with van der Waals surface area (Å²) in [5, 5.41) is 10.7. The van der Waals surface area contributed by atoms with Gasteiger partial charge in [0, 0.05) is 36.8 Å². The monoisotopic (exact) mass is 433 g/mol. The third kappa shape index (κ3) is 5.19. The van der Waals surface area contributed by atoms with E-state index in [9.17, 15) is 14.3 Å². The van der Waals surface area contributed by atoms with E-state index < -0.39 is 12.1 Å². The smallest absolute Gasteiger partial charge is 0.253 e. The predicted octanol–water partition coefficient (Wildman–Crippen LogP) is 4.58. The Morgan fingerprint density at radius 2 is 1.94 bits per heavy atom. The average molecular weight is 434 g/mol. The number of aliphatic hydroxyl groups excluding tert-OH is 1. The molecule has 0 aliphatic heterocycles. The molecule has 0 unspecified atom stereocenters. The molecular weight excluding hydrogens is 405 g/mol. The van der Waals surface area contributed by atoms with Crippen LogP contribution in [0.3, 0.4) is 0 Å². The summed E-state index contributed by atoms with van der Waals surface area (Å²) in [4.78, 5) is 22.0. The van der Waals surface area contributed by atoms with Crippen LogP contribution in [0.2, 0.25) is 0 Å². The van der Waals surface area contributed by atoms with Crippen LogP contribution in [0.25, 0.3) is 0 Å². The van der Waals surface area contributed by atoms with E-state index in [-0.39, 0.29) is 18.4 Å². The van der Waals surface area contributed by atoms with Crippen molar-refractivity contribution in [2.45, 2.75) is 38.3 Å². The first-order valence-corrected chi connectivity index (χ1v) is 11.0. The summed E-state index contributed by atoms with van der Waals surface area (Å²) in [5.74, 6) is 0.0713. The molecule has 6 heteroatoms. The van der Waals surface area contributed by atoms with Crippen molar-refractivity contribution in [3.05, 3.63) is 95.3 Å². The highest BCUT2D eigenvalue weighted by Crippen LogP contribution is 2.40. The van der Waals surface area contributed by atoms with Gasteiger partial charge in [0.2, 0.25) is 5.95 Å². The van der Waals surface area contributed by atoms with E-state index in [2.05, 4.69) is 9.97 Å². The molecule has 1 saturated carbocycles. The molecule has 2 heterocycles. The zero-order valence-corrected chi connectivity index (χ0v) is 18.2. The fourth-order valence-electron chi connectivity index (χ4n) is 4.61. The van der Waals surface area contributed by atoms with Crippen LogP contribution in [0.4, 0.5) is 4.39 Å². The van der Waals surface area contributed by atoms with Crippen LogP contribution >= 0.6 is 0 Å². The Morgan fingerprint density at radius 1 is 1.16 bits per heavy atom. The lowest BCUT2D eigenvalue weighted by Gasteiger charge is -2.19. The number of rotatable bonds is 7. The van der Waals surface area contributed by atoms with Gasteiger partial charge in [-0.3, -0.25) is 9.78 Å². The first-order valence-electron chi connectivity index (χ1n) is 11.0. The van der Waals surface area contributed by atoms with Gasteiger partial charge in [-0.05, 0) is 72.9 Å². The van der Waals surface area contributed by atoms with Gasteiger partial charge >= 0.3 is 0 Å². The molecular formula is C26H28FN3O2. The summed E-state index contributed by atoms with van der Waals surface area (Å²) < 4.78 is 13.8. The second kappa shape index (κ2) is 10.0. The number of aliphatic hydroxyl groups is 1. The van der Waals surface area contributed by atoms with Gasteiger partial charge in [0.05, 0.1) is 12.6 Å². The van der Waals surface area contributed by atoms with Crippen LogP contribution in [0.5, 0.6) is 0 Å². The summed E-state index contributed by atoms with van der Waals surface area (Å²) >= 11 is 0. The van der Waals surface area contributed by atoms with Gasteiger partial charge in [0.25, 0.3) is 5.91 Å². The summed E-state index contributed by atoms with van der Waals surface area (Å²) in [7, 11) is 1.66. The van der Waals surface area contributed by atoms with E-state index in [1.54, 1.807) is 31.6 Å². The first-order chi connectivity index (χ1) is 15.5. The zero-order valence-electron chi connectivity index (χ0n) is 18.2. The SMILES string of the molecule is CN(Cc1cccnc1F)C(=O)c1ccc(C[C@@H]2CC[C@H]([C@H](O)c3cccnc3)C2)cc1. The first kappa shape index (κ1) is 22.1. The molecule has 1 N–H and O–H groups in total. The standard InChI is InChI=1S/C26H28FN3O2/c1-30(17-23-5-3-13-29-25(23)27)26(32)20-9-6-18(7-10-20)14-19-8-11-21(15-19)24(31)22-4-2-12-28-16-22/h2-7,9-10,12-13,16,19,21,24,31H,8,11,14-15,17H2,1H3/t19-,21-,24-/m0/s1. The minimum atomic E-state index is -0.550. The number of carbonyl (C=O) groups is 1. The maximum atomic E-state index is 13.8. The highest BCUT2D eigenvalue weighted by molar-refractivity contribution is 5.94. The molecule has 4 rings (SSSR count). The molecule has 5 nitrogen and oxygen atoms in total. The maximum Gasteiger partial charge on any atom is 0.253 e. The van der Waals surface area contributed by atoms with Crippen LogP contribution in [0.15, 0.2) is 67.1 Å². The number of nitrogens with zero attached hydrogens (tertiary/aromatic N) is 3. The summed E-state index contributed by atoms with van der Waals surface area (Å²) in [5.41, 5.74) is 3.04. The van der Waals surface area contributed by atoms with Crippen molar-refractivity contribution in [2.75, 3.05) is 7.05 Å². The molecule has 2 aromatic heterocycles. The minimum Gasteiger partial charge on any atom is -0.388 e. The predicted molar refractivity (Wildman–Crippen MR) is 120 cm³/mol. The van der Waals surface area contributed by atoms with E-state index in [0.717, 1.165) is 31.2 Å². The third-order valence-corrected chi connectivity index (χ3v) is 6.37. The van der Waals surface area contributed by atoms with Crippen LogP contribution < -0.4 is 0 Å². The molecule has 166 valence electrons. The number of benzene rings is 1. The number of carbonyl (C=O) groups excluding carboxylic acids is 1. The lowest BCUT2D eigenvalue weighted by Crippen LogP contribution is -2.26. The molecule has 0 bridgehead atoms. The van der Waals surface area contributed by atoms with Crippen molar-refractivity contribution < 1.29 is 14.3 Å². The lowest BCUT2D eigenvalue weighted by atomic mass is 9.92. The van der Waals surface area contributed by atoms with E-state index in [1.807, 2.05) is 36.4 Å². The normalized spacial score (nSPS) is 19.0. The van der Waals surface area contributed by atoms with Crippen molar-refractivity contribution in [2.24, 2.45) is 11.8 Å². The number of pyridine rings is 2. The topological polar surface area (TPSA) is 66.3 Å². The summed E-state index contributed by atoms with van der Waals surface area (Å²) in [6, 6.07) is 14.8. The van der Waals surface area contributed by atoms with Gasteiger partial charge in [0.1, 0.15) is 0 Å². The molecule has 3 aromatic rings. The molecule has 0 saturated heterocycles. The van der Waals surface area contributed by atoms with Crippen LogP contribution in [-0.4, -0.2) is 32.9 Å². The Kier molecular flexibility index (Phi) is 6.90. The quantitative estimate of drug-likeness (QED) is 0.554. The number of hydrogen-bond donors (Lipinski definition) is 1. The van der Waals surface area contributed by atoms with E-state index in [1.165, 1.54) is 16.7 Å². The Balaban J connectivity index is 1.32. The average Bonchev–Trinajstić information content (AvgIpc) is 3.29. The second-order valence-corrected chi connectivity index (χ2v) is 8.69. The van der Waals surface area contributed by atoms with E-state index in [4.69, 9.17) is 0 Å². The summed E-state index contributed by atoms with van der Waals surface area (Å²) in [6.07, 6.45) is 8.40. The molecule has 1 aliphatic rings. The number of halogens is 1. The highest BCUT2D eigenvalue weighted by Gasteiger charge is 2.30. The van der Waals surface area contributed by atoms with Gasteiger partial charge in [-0.15, -0.1) is 0 Å². The van der Waals surface area contributed by atoms with Gasteiger partial charge in [0.15, 0.2) is 0 Å². The zero-order chi connectivity index (χ0) is 22.5. The maximum absolute atomic E-state index is 13.8. The molecule has 1 aliphatic carbocycles. The fraction of sp³-hybridized carbons (Fsp3) is 0.346. The number of amides is 1. The molecule has 1 fully saturated rings. The second-order valence-electron chi connectivity index (χ2n) is 8.69. The third-order valence-electron chi connectivity index (χ3n) is 6.37. The molecule has 1 amide bonds. The Labute approximate surface area is 188 Å². The minimum absolute atomic E-state index is 0.152. The van der Waals surface area contributed by atoms with E-state index >= 15 is 0 Å². The van der Waals surface area contributed by atoms with Gasteiger partial charge in [-0.2, -0.15) is 4.39 Å². The Morgan fingerprint density at radius 3 is 2.66 bits per heavy atom. The van der Waals surface area contributed by atoms with Gasteiger partial charge < -0.3 is 10.0 Å². The highest BCUT2D eigenvalue weighted by atomic mass is 19.1.